The van der Waals surface area contributed by atoms with Gasteiger partial charge in [0.25, 0.3) is 0 Å². The normalized spacial score (nSPS) is 13.8. The molecule has 0 aromatic carbocycles. The molecule has 0 aliphatic rings. The van der Waals surface area contributed by atoms with Crippen molar-refractivity contribution in [2.24, 2.45) is 11.6 Å². The van der Waals surface area contributed by atoms with Gasteiger partial charge in [0.15, 0.2) is 0 Å². The number of hydrogen-bond acceptors (Lipinski definition) is 9. The Hall–Kier alpha value is -3.43. The molecule has 0 radical (unpaired) electrons. The first-order valence-corrected chi connectivity index (χ1v) is 9.70. The second-order valence-corrected chi connectivity index (χ2v) is 7.34. The molecule has 9 heteroatoms. The molecular formula is C21H29N9. The van der Waals surface area contributed by atoms with Gasteiger partial charge < -0.3 is 27.1 Å². The zero-order chi connectivity index (χ0) is 21.9. The number of anilines is 3. The lowest BCUT2D eigenvalue weighted by Crippen LogP contribution is -2.36. The summed E-state index contributed by atoms with van der Waals surface area (Å²) in [6, 6.07) is 7.81. The number of aromatic nitrogens is 3. The minimum Gasteiger partial charge on any atom is -0.403 e. The van der Waals surface area contributed by atoms with E-state index in [1.165, 1.54) is 11.2 Å². The topological polar surface area (TPSA) is 144 Å². The first kappa shape index (κ1) is 21.3. The molecule has 1 unspecified atom stereocenters. The maximum Gasteiger partial charge on any atom is 0.133 e. The average Bonchev–Trinajstić information content (AvgIpc) is 2.73. The van der Waals surface area contributed by atoms with Crippen LogP contribution in [0.3, 0.4) is 0 Å². The maximum atomic E-state index is 6.13. The highest BCUT2D eigenvalue weighted by Crippen LogP contribution is 2.28. The summed E-state index contributed by atoms with van der Waals surface area (Å²) >= 11 is 0. The quantitative estimate of drug-likeness (QED) is 0.294. The fraction of sp³-hybridized carbons (Fsp3) is 0.286. The van der Waals surface area contributed by atoms with Crippen LogP contribution in [-0.4, -0.2) is 34.1 Å². The van der Waals surface area contributed by atoms with Gasteiger partial charge in [-0.2, -0.15) is 0 Å². The third-order valence-electron chi connectivity index (χ3n) is 5.46. The molecule has 1 atom stereocenters. The van der Waals surface area contributed by atoms with Crippen molar-refractivity contribution in [2.45, 2.75) is 25.8 Å². The van der Waals surface area contributed by atoms with Crippen molar-refractivity contribution >= 4 is 33.9 Å². The van der Waals surface area contributed by atoms with Gasteiger partial charge in [0, 0.05) is 36.6 Å². The lowest BCUT2D eigenvalue weighted by atomic mass is 9.90. The molecule has 0 aliphatic heterocycles. The van der Waals surface area contributed by atoms with Crippen molar-refractivity contribution in [1.29, 1.82) is 0 Å². The number of pyridine rings is 3. The Kier molecular flexibility index (Phi) is 6.04. The Morgan fingerprint density at radius 3 is 2.60 bits per heavy atom. The highest BCUT2D eigenvalue weighted by Gasteiger charge is 2.22. The Bertz CT molecular complexity index is 1070. The molecule has 0 aliphatic carbocycles. The largest absolute Gasteiger partial charge is 0.403 e. The van der Waals surface area contributed by atoms with Crippen molar-refractivity contribution in [3.63, 3.8) is 0 Å². The van der Waals surface area contributed by atoms with Crippen LogP contribution in [0.25, 0.3) is 16.5 Å². The lowest BCUT2D eigenvalue weighted by Gasteiger charge is -2.28. The van der Waals surface area contributed by atoms with E-state index in [4.69, 9.17) is 17.3 Å². The van der Waals surface area contributed by atoms with Gasteiger partial charge in [-0.3, -0.25) is 0 Å². The van der Waals surface area contributed by atoms with E-state index in [1.807, 2.05) is 31.3 Å². The second kappa shape index (κ2) is 8.52. The molecule has 3 rings (SSSR count). The Labute approximate surface area is 176 Å². The third kappa shape index (κ3) is 4.12. The lowest BCUT2D eigenvalue weighted by molar-refractivity contribution is 0.386. The van der Waals surface area contributed by atoms with E-state index in [9.17, 15) is 0 Å². The minimum absolute atomic E-state index is 0.135. The van der Waals surface area contributed by atoms with Crippen LogP contribution >= 0.6 is 0 Å². The van der Waals surface area contributed by atoms with Crippen LogP contribution in [0.1, 0.15) is 31.5 Å². The molecule has 3 aromatic heterocycles. The van der Waals surface area contributed by atoms with Crippen molar-refractivity contribution in [3.05, 3.63) is 54.1 Å². The average molecular weight is 408 g/mol. The van der Waals surface area contributed by atoms with Crippen molar-refractivity contribution < 1.29 is 0 Å². The summed E-state index contributed by atoms with van der Waals surface area (Å²) in [7, 11) is 3.65. The van der Waals surface area contributed by atoms with E-state index in [0.717, 1.165) is 22.8 Å². The molecule has 8 N–H and O–H groups in total. The number of nitrogens with two attached hydrogens (primary N) is 3. The number of fused-ring (bicyclic) bond motifs is 1. The highest BCUT2D eigenvalue weighted by atomic mass is 15.4. The Balaban J connectivity index is 1.98. The summed E-state index contributed by atoms with van der Waals surface area (Å²) in [6.45, 7) is 4.31. The van der Waals surface area contributed by atoms with Crippen LogP contribution in [-0.2, 0) is 5.54 Å². The van der Waals surface area contributed by atoms with Crippen LogP contribution in [0.2, 0.25) is 0 Å². The van der Waals surface area contributed by atoms with Crippen LogP contribution in [0, 0.1) is 0 Å². The first-order chi connectivity index (χ1) is 14.3. The summed E-state index contributed by atoms with van der Waals surface area (Å²) in [5.74, 6) is 7.55. The summed E-state index contributed by atoms with van der Waals surface area (Å²) in [5, 5.41) is 9.66. The van der Waals surface area contributed by atoms with Gasteiger partial charge in [-0.15, -0.1) is 0 Å². The van der Waals surface area contributed by atoms with E-state index < -0.39 is 0 Å². The van der Waals surface area contributed by atoms with Gasteiger partial charge in [0.2, 0.25) is 0 Å². The highest BCUT2D eigenvalue weighted by molar-refractivity contribution is 5.93. The van der Waals surface area contributed by atoms with E-state index in [-0.39, 0.29) is 5.54 Å². The molecule has 0 amide bonds. The summed E-state index contributed by atoms with van der Waals surface area (Å²) in [5.41, 5.74) is 14.0. The van der Waals surface area contributed by atoms with Crippen molar-refractivity contribution in [1.82, 2.24) is 25.3 Å². The number of nitrogens with zero attached hydrogens (tertiary/aromatic N) is 4. The van der Waals surface area contributed by atoms with Crippen LogP contribution < -0.4 is 27.9 Å². The second-order valence-electron chi connectivity index (χ2n) is 7.34. The molecule has 0 saturated carbocycles. The monoisotopic (exact) mass is 407 g/mol. The fourth-order valence-corrected chi connectivity index (χ4v) is 3.26. The summed E-state index contributed by atoms with van der Waals surface area (Å²) in [4.78, 5) is 13.3. The molecule has 0 bridgehead atoms. The molecule has 0 spiro atoms. The predicted molar refractivity (Wildman–Crippen MR) is 122 cm³/mol. The van der Waals surface area contributed by atoms with Crippen LogP contribution in [0.5, 0.6) is 0 Å². The standard InChI is InChI=1S/C21H29N9/c1-5-21(2,25-3)14-6-7-26-19(10-14)29-18-9-13-8-16(17(11-22)30(4)24)28-20(23)15(13)12-27-18/h6-12,25H,5,22,24H2,1-4H3,(H2,23,28)(H,26,27,29)/b17-11-. The molecule has 158 valence electrons. The van der Waals surface area contributed by atoms with Gasteiger partial charge in [-0.25, -0.2) is 20.8 Å². The van der Waals surface area contributed by atoms with Gasteiger partial charge in [0.1, 0.15) is 17.5 Å². The van der Waals surface area contributed by atoms with Crippen LogP contribution in [0.15, 0.2) is 42.9 Å². The molecule has 30 heavy (non-hydrogen) atoms. The minimum atomic E-state index is -0.135. The van der Waals surface area contributed by atoms with Gasteiger partial charge in [-0.05, 0) is 55.6 Å². The zero-order valence-corrected chi connectivity index (χ0v) is 17.8. The Morgan fingerprint density at radius 1 is 1.23 bits per heavy atom. The maximum absolute atomic E-state index is 6.13. The molecule has 0 saturated heterocycles. The fourth-order valence-electron chi connectivity index (χ4n) is 3.26. The SMILES string of the molecule is CCC(C)(NC)c1ccnc(Nc2cc3cc(/C(=C/N)N(C)N)nc(N)c3cn2)c1. The predicted octanol–water partition coefficient (Wildman–Crippen LogP) is 2.26. The third-order valence-corrected chi connectivity index (χ3v) is 5.46. The van der Waals surface area contributed by atoms with E-state index in [0.29, 0.717) is 28.8 Å². The smallest absolute Gasteiger partial charge is 0.133 e. The van der Waals surface area contributed by atoms with Gasteiger partial charge in [0.05, 0.1) is 11.4 Å². The number of nitrogens with one attached hydrogen (secondary N) is 2. The molecule has 3 heterocycles. The van der Waals surface area contributed by atoms with E-state index in [2.05, 4.69) is 39.4 Å². The number of rotatable bonds is 7. The van der Waals surface area contributed by atoms with E-state index >= 15 is 0 Å². The van der Waals surface area contributed by atoms with Crippen molar-refractivity contribution in [3.8, 4) is 0 Å². The van der Waals surface area contributed by atoms with Crippen LogP contribution in [0.4, 0.5) is 17.5 Å². The number of hydrogen-bond donors (Lipinski definition) is 5. The van der Waals surface area contributed by atoms with Crippen molar-refractivity contribution in [2.75, 3.05) is 25.1 Å². The molecular weight excluding hydrogens is 378 g/mol. The summed E-state index contributed by atoms with van der Waals surface area (Å²) in [6.07, 6.45) is 5.83. The molecule has 0 fully saturated rings. The molecule has 9 nitrogen and oxygen atoms in total. The zero-order valence-electron chi connectivity index (χ0n) is 17.8. The van der Waals surface area contributed by atoms with Gasteiger partial charge in [-0.1, -0.05) is 6.92 Å². The summed E-state index contributed by atoms with van der Waals surface area (Å²) < 4.78 is 0. The molecule has 3 aromatic rings. The first-order valence-electron chi connectivity index (χ1n) is 9.70. The van der Waals surface area contributed by atoms with E-state index in [1.54, 1.807) is 19.4 Å². The number of nitrogen functional groups attached to an aromatic ring is 1. The number of hydrazine groups is 1. The Morgan fingerprint density at radius 2 is 1.97 bits per heavy atom. The van der Waals surface area contributed by atoms with Gasteiger partial charge >= 0.3 is 0 Å².